The van der Waals surface area contributed by atoms with E-state index in [0.717, 1.165) is 18.5 Å². The van der Waals surface area contributed by atoms with E-state index in [9.17, 15) is 14.0 Å². The molecule has 2 amide bonds. The number of nitrogens with one attached hydrogen (secondary N) is 3. The van der Waals surface area contributed by atoms with E-state index in [1.165, 1.54) is 24.3 Å². The van der Waals surface area contributed by atoms with E-state index in [1.807, 2.05) is 26.1 Å². The van der Waals surface area contributed by atoms with Crippen LogP contribution in [0.5, 0.6) is 0 Å². The maximum Gasteiger partial charge on any atom is 0.255 e. The Balaban J connectivity index is 1.89. The molecule has 0 saturated carbocycles. The Hall–Kier alpha value is -2.73. The quantitative estimate of drug-likeness (QED) is 0.635. The summed E-state index contributed by atoms with van der Waals surface area (Å²) in [7, 11) is 1.86. The molecule has 0 radical (unpaired) electrons. The molecule has 6 heteroatoms. The van der Waals surface area contributed by atoms with Gasteiger partial charge in [-0.3, -0.25) is 9.59 Å². The van der Waals surface area contributed by atoms with Gasteiger partial charge >= 0.3 is 0 Å². The van der Waals surface area contributed by atoms with Crippen LogP contribution in [0.3, 0.4) is 0 Å². The van der Waals surface area contributed by atoms with E-state index in [4.69, 9.17) is 0 Å². The summed E-state index contributed by atoms with van der Waals surface area (Å²) in [5.74, 6) is -0.669. The maximum absolute atomic E-state index is 12.9. The molecule has 3 N–H and O–H groups in total. The number of hydrogen-bond donors (Lipinski definition) is 3. The van der Waals surface area contributed by atoms with Crippen LogP contribution in [0.15, 0.2) is 48.5 Å². The summed E-state index contributed by atoms with van der Waals surface area (Å²) in [5, 5.41) is 8.73. The fraction of sp³-hybridized carbons (Fsp3) is 0.300. The van der Waals surface area contributed by atoms with E-state index >= 15 is 0 Å². The Morgan fingerprint density at radius 2 is 1.69 bits per heavy atom. The molecule has 0 spiro atoms. The summed E-state index contributed by atoms with van der Waals surface area (Å²) in [5.41, 5.74) is 1.97. The van der Waals surface area contributed by atoms with Crippen LogP contribution in [-0.2, 0) is 4.79 Å². The number of hydrogen-bond acceptors (Lipinski definition) is 3. The van der Waals surface area contributed by atoms with E-state index in [2.05, 4.69) is 16.0 Å². The molecule has 2 rings (SSSR count). The Kier molecular flexibility index (Phi) is 7.29. The van der Waals surface area contributed by atoms with Gasteiger partial charge in [0.2, 0.25) is 5.91 Å². The molecule has 0 aliphatic carbocycles. The molecule has 26 heavy (non-hydrogen) atoms. The van der Waals surface area contributed by atoms with Gasteiger partial charge in [-0.15, -0.1) is 0 Å². The van der Waals surface area contributed by atoms with Crippen molar-refractivity contribution in [3.05, 3.63) is 65.5 Å². The standard InChI is InChI=1S/C20H24FN3O2/c1-14(23-19(25)4-3-13-22-2)15-7-11-18(12-8-15)24-20(26)16-5-9-17(21)10-6-16/h5-12,14,22H,3-4,13H2,1-2H3,(H,23,25)(H,24,26). The highest BCUT2D eigenvalue weighted by Crippen LogP contribution is 2.17. The van der Waals surface area contributed by atoms with Gasteiger partial charge < -0.3 is 16.0 Å². The van der Waals surface area contributed by atoms with Gasteiger partial charge in [0, 0.05) is 17.7 Å². The Morgan fingerprint density at radius 3 is 2.31 bits per heavy atom. The third-order valence-corrected chi connectivity index (χ3v) is 3.98. The summed E-state index contributed by atoms with van der Waals surface area (Å²) in [6.45, 7) is 2.73. The van der Waals surface area contributed by atoms with Crippen molar-refractivity contribution in [3.63, 3.8) is 0 Å². The number of anilines is 1. The molecule has 1 atom stereocenters. The van der Waals surface area contributed by atoms with E-state index in [-0.39, 0.29) is 23.7 Å². The molecule has 138 valence electrons. The Labute approximate surface area is 153 Å². The fourth-order valence-electron chi connectivity index (χ4n) is 2.48. The van der Waals surface area contributed by atoms with Crippen molar-refractivity contribution >= 4 is 17.5 Å². The highest BCUT2D eigenvalue weighted by Gasteiger charge is 2.10. The third-order valence-electron chi connectivity index (χ3n) is 3.98. The van der Waals surface area contributed by atoms with Crippen LogP contribution in [0.2, 0.25) is 0 Å². The minimum Gasteiger partial charge on any atom is -0.350 e. The second-order valence-electron chi connectivity index (χ2n) is 6.08. The molecule has 0 aliphatic heterocycles. The minimum absolute atomic E-state index is 0.0152. The Morgan fingerprint density at radius 1 is 1.04 bits per heavy atom. The van der Waals surface area contributed by atoms with Crippen LogP contribution in [0.4, 0.5) is 10.1 Å². The van der Waals surface area contributed by atoms with Crippen LogP contribution >= 0.6 is 0 Å². The summed E-state index contributed by atoms with van der Waals surface area (Å²) < 4.78 is 12.9. The Bertz CT molecular complexity index is 730. The SMILES string of the molecule is CNCCCC(=O)NC(C)c1ccc(NC(=O)c2ccc(F)cc2)cc1. The summed E-state index contributed by atoms with van der Waals surface area (Å²) in [6, 6.07) is 12.5. The zero-order valence-electron chi connectivity index (χ0n) is 15.0. The van der Waals surface area contributed by atoms with E-state index in [1.54, 1.807) is 12.1 Å². The first-order valence-corrected chi connectivity index (χ1v) is 8.60. The zero-order chi connectivity index (χ0) is 18.9. The third kappa shape index (κ3) is 5.97. The van der Waals surface area contributed by atoms with Crippen LogP contribution in [0.1, 0.15) is 41.7 Å². The highest BCUT2D eigenvalue weighted by molar-refractivity contribution is 6.04. The molecule has 0 fully saturated rings. The smallest absolute Gasteiger partial charge is 0.255 e. The molecular formula is C20H24FN3O2. The molecule has 0 saturated heterocycles. The molecule has 0 bridgehead atoms. The molecular weight excluding hydrogens is 333 g/mol. The average Bonchev–Trinajstić information content (AvgIpc) is 2.63. The van der Waals surface area contributed by atoms with E-state index < -0.39 is 0 Å². The first-order valence-electron chi connectivity index (χ1n) is 8.60. The maximum atomic E-state index is 12.9. The largest absolute Gasteiger partial charge is 0.350 e. The molecule has 2 aromatic rings. The highest BCUT2D eigenvalue weighted by atomic mass is 19.1. The van der Waals surface area contributed by atoms with Gasteiger partial charge in [-0.25, -0.2) is 4.39 Å². The molecule has 0 heterocycles. The van der Waals surface area contributed by atoms with Gasteiger partial charge in [0.15, 0.2) is 0 Å². The molecule has 0 aliphatic rings. The number of rotatable bonds is 8. The topological polar surface area (TPSA) is 70.2 Å². The number of benzene rings is 2. The molecule has 0 aromatic heterocycles. The van der Waals surface area contributed by atoms with Gasteiger partial charge in [0.05, 0.1) is 6.04 Å². The number of carbonyl (C=O) groups excluding carboxylic acids is 2. The molecule has 1 unspecified atom stereocenters. The first-order chi connectivity index (χ1) is 12.5. The second kappa shape index (κ2) is 9.68. The van der Waals surface area contributed by atoms with Crippen LogP contribution < -0.4 is 16.0 Å². The second-order valence-corrected chi connectivity index (χ2v) is 6.08. The monoisotopic (exact) mass is 357 g/mol. The van der Waals surface area contributed by atoms with Gasteiger partial charge in [-0.1, -0.05) is 12.1 Å². The zero-order valence-corrected chi connectivity index (χ0v) is 15.0. The van der Waals surface area contributed by atoms with Crippen molar-refractivity contribution < 1.29 is 14.0 Å². The minimum atomic E-state index is -0.382. The van der Waals surface area contributed by atoms with Crippen molar-refractivity contribution in [2.24, 2.45) is 0 Å². The van der Waals surface area contributed by atoms with Gasteiger partial charge in [0.1, 0.15) is 5.82 Å². The molecule has 2 aromatic carbocycles. The summed E-state index contributed by atoms with van der Waals surface area (Å²) in [4.78, 5) is 24.0. The fourth-order valence-corrected chi connectivity index (χ4v) is 2.48. The lowest BCUT2D eigenvalue weighted by molar-refractivity contribution is -0.121. The van der Waals surface area contributed by atoms with Crippen LogP contribution in [-0.4, -0.2) is 25.4 Å². The van der Waals surface area contributed by atoms with Crippen molar-refractivity contribution in [1.82, 2.24) is 10.6 Å². The lowest BCUT2D eigenvalue weighted by Crippen LogP contribution is -2.27. The van der Waals surface area contributed by atoms with E-state index in [0.29, 0.717) is 17.7 Å². The van der Waals surface area contributed by atoms with Crippen molar-refractivity contribution in [2.75, 3.05) is 18.9 Å². The average molecular weight is 357 g/mol. The summed E-state index contributed by atoms with van der Waals surface area (Å²) in [6.07, 6.45) is 1.28. The molecule has 5 nitrogen and oxygen atoms in total. The van der Waals surface area contributed by atoms with Crippen molar-refractivity contribution in [1.29, 1.82) is 0 Å². The summed E-state index contributed by atoms with van der Waals surface area (Å²) >= 11 is 0. The number of amides is 2. The normalized spacial score (nSPS) is 11.7. The predicted molar refractivity (Wildman–Crippen MR) is 101 cm³/mol. The lowest BCUT2D eigenvalue weighted by atomic mass is 10.1. The predicted octanol–water partition coefficient (Wildman–Crippen LogP) is 3.25. The van der Waals surface area contributed by atoms with Crippen LogP contribution in [0.25, 0.3) is 0 Å². The van der Waals surface area contributed by atoms with Crippen LogP contribution in [0, 0.1) is 5.82 Å². The lowest BCUT2D eigenvalue weighted by Gasteiger charge is -2.15. The van der Waals surface area contributed by atoms with Crippen molar-refractivity contribution in [3.8, 4) is 0 Å². The first kappa shape index (κ1) is 19.6. The van der Waals surface area contributed by atoms with Crippen molar-refractivity contribution in [2.45, 2.75) is 25.8 Å². The number of halogens is 1. The van der Waals surface area contributed by atoms with Gasteiger partial charge in [0.25, 0.3) is 5.91 Å². The van der Waals surface area contributed by atoms with Gasteiger partial charge in [-0.05, 0) is 68.9 Å². The number of carbonyl (C=O) groups is 2. The van der Waals surface area contributed by atoms with Gasteiger partial charge in [-0.2, -0.15) is 0 Å².